The van der Waals surface area contributed by atoms with Crippen molar-refractivity contribution in [3.63, 3.8) is 0 Å². The van der Waals surface area contributed by atoms with Gasteiger partial charge >= 0.3 is 6.03 Å². The van der Waals surface area contributed by atoms with Crippen molar-refractivity contribution in [1.82, 2.24) is 15.1 Å². The molecule has 0 saturated carbocycles. The molecular weight excluding hydrogens is 216 g/mol. The largest absolute Gasteiger partial charge is 0.326 e. The number of nitrogens with zero attached hydrogens (tertiary/aromatic N) is 3. The Hall–Kier alpha value is -1.78. The molecule has 92 valence electrons. The molecule has 0 unspecified atom stereocenters. The van der Waals surface area contributed by atoms with E-state index in [0.29, 0.717) is 6.54 Å². The molecule has 1 aliphatic heterocycles. The number of hydrogen-bond acceptors (Lipinski definition) is 2. The molecule has 1 aliphatic rings. The number of amides is 2. The van der Waals surface area contributed by atoms with E-state index in [4.69, 9.17) is 0 Å². The first-order chi connectivity index (χ1) is 7.88. The number of aromatic nitrogens is 2. The van der Waals surface area contributed by atoms with Crippen molar-refractivity contribution in [1.29, 1.82) is 0 Å². The van der Waals surface area contributed by atoms with Crippen LogP contribution in [0.15, 0.2) is 24.7 Å². The van der Waals surface area contributed by atoms with Crippen LogP contribution >= 0.6 is 0 Å². The van der Waals surface area contributed by atoms with Crippen molar-refractivity contribution in [2.45, 2.75) is 32.7 Å². The number of carbonyl (C=O) groups excluding carboxylic acids is 1. The Bertz CT molecular complexity index is 455. The lowest BCUT2D eigenvalue weighted by Gasteiger charge is -2.27. The summed E-state index contributed by atoms with van der Waals surface area (Å²) in [5.74, 6) is 0. The van der Waals surface area contributed by atoms with Crippen LogP contribution in [-0.4, -0.2) is 22.4 Å². The average Bonchev–Trinajstić information content (AvgIpc) is 2.65. The molecule has 5 heteroatoms. The van der Waals surface area contributed by atoms with Gasteiger partial charge in [0.25, 0.3) is 0 Å². The molecule has 0 atom stereocenters. The zero-order valence-corrected chi connectivity index (χ0v) is 10.5. The van der Waals surface area contributed by atoms with Crippen molar-refractivity contribution >= 4 is 11.7 Å². The van der Waals surface area contributed by atoms with Crippen LogP contribution < -0.4 is 10.2 Å². The van der Waals surface area contributed by atoms with Crippen LogP contribution in [0.4, 0.5) is 10.5 Å². The molecule has 0 radical (unpaired) electrons. The highest BCUT2D eigenvalue weighted by Gasteiger charge is 2.24. The fraction of sp³-hybridized carbons (Fsp3) is 0.500. The number of anilines is 1. The van der Waals surface area contributed by atoms with Gasteiger partial charge in [-0.05, 0) is 20.8 Å². The molecule has 17 heavy (non-hydrogen) atoms. The summed E-state index contributed by atoms with van der Waals surface area (Å²) in [5.41, 5.74) is 1.52. The lowest BCUT2D eigenvalue weighted by Crippen LogP contribution is -2.45. The summed E-state index contributed by atoms with van der Waals surface area (Å²) >= 11 is 0. The van der Waals surface area contributed by atoms with Crippen molar-refractivity contribution in [3.8, 4) is 0 Å². The zero-order chi connectivity index (χ0) is 12.6. The maximum absolute atomic E-state index is 11.8. The van der Waals surface area contributed by atoms with Crippen molar-refractivity contribution < 1.29 is 4.79 Å². The van der Waals surface area contributed by atoms with Gasteiger partial charge in [-0.3, -0.25) is 9.58 Å². The third-order valence-corrected chi connectivity index (χ3v) is 2.73. The second-order valence-corrected chi connectivity index (χ2v) is 5.25. The van der Waals surface area contributed by atoms with E-state index >= 15 is 0 Å². The molecule has 2 rings (SSSR count). The number of carbonyl (C=O) groups is 1. The van der Waals surface area contributed by atoms with Crippen molar-refractivity contribution in [2.75, 3.05) is 11.4 Å². The molecule has 2 amide bonds. The first-order valence-corrected chi connectivity index (χ1v) is 5.69. The zero-order valence-electron chi connectivity index (χ0n) is 10.5. The van der Waals surface area contributed by atoms with Crippen LogP contribution in [0.5, 0.6) is 0 Å². The van der Waals surface area contributed by atoms with Gasteiger partial charge < -0.3 is 5.32 Å². The normalized spacial score (nSPS) is 17.2. The average molecular weight is 234 g/mol. The molecule has 0 spiro atoms. The third kappa shape index (κ3) is 2.33. The van der Waals surface area contributed by atoms with Crippen molar-refractivity contribution in [3.05, 3.63) is 24.7 Å². The fourth-order valence-electron chi connectivity index (χ4n) is 1.70. The van der Waals surface area contributed by atoms with E-state index in [1.807, 2.05) is 10.9 Å². The van der Waals surface area contributed by atoms with Gasteiger partial charge in [-0.2, -0.15) is 5.10 Å². The van der Waals surface area contributed by atoms with Gasteiger partial charge in [-0.25, -0.2) is 4.79 Å². The summed E-state index contributed by atoms with van der Waals surface area (Å²) in [6.45, 7) is 10.6. The molecule has 2 heterocycles. The van der Waals surface area contributed by atoms with E-state index in [-0.39, 0.29) is 11.6 Å². The summed E-state index contributed by atoms with van der Waals surface area (Å²) in [4.78, 5) is 13.5. The number of hydrogen-bond donors (Lipinski definition) is 1. The minimum absolute atomic E-state index is 0.0753. The Labute approximate surface area is 101 Å². The SMILES string of the molecule is C=C1CCN(c2cnn(C(C)(C)C)c2)C(=O)N1. The van der Waals surface area contributed by atoms with Crippen LogP contribution in [-0.2, 0) is 5.54 Å². The summed E-state index contributed by atoms with van der Waals surface area (Å²) in [6, 6.07) is -0.130. The Morgan fingerprint density at radius 3 is 2.71 bits per heavy atom. The highest BCUT2D eigenvalue weighted by Crippen LogP contribution is 2.21. The van der Waals surface area contributed by atoms with E-state index in [9.17, 15) is 4.79 Å². The Morgan fingerprint density at radius 1 is 1.47 bits per heavy atom. The molecule has 0 bridgehead atoms. The Kier molecular flexibility index (Phi) is 2.69. The molecule has 1 fully saturated rings. The first-order valence-electron chi connectivity index (χ1n) is 5.69. The molecule has 5 nitrogen and oxygen atoms in total. The number of urea groups is 1. The summed E-state index contributed by atoms with van der Waals surface area (Å²) < 4.78 is 1.86. The van der Waals surface area contributed by atoms with E-state index in [1.165, 1.54) is 0 Å². The monoisotopic (exact) mass is 234 g/mol. The maximum atomic E-state index is 11.8. The van der Waals surface area contributed by atoms with Gasteiger partial charge in [0.05, 0.1) is 17.4 Å². The van der Waals surface area contributed by atoms with Gasteiger partial charge in [-0.1, -0.05) is 6.58 Å². The molecular formula is C12H18N4O. The van der Waals surface area contributed by atoms with Crippen LogP contribution in [0, 0.1) is 0 Å². The van der Waals surface area contributed by atoms with E-state index < -0.39 is 0 Å². The summed E-state index contributed by atoms with van der Waals surface area (Å²) in [7, 11) is 0. The van der Waals surface area contributed by atoms with Crippen LogP contribution in [0.1, 0.15) is 27.2 Å². The molecule has 1 aromatic heterocycles. The third-order valence-electron chi connectivity index (χ3n) is 2.73. The van der Waals surface area contributed by atoms with E-state index in [0.717, 1.165) is 17.8 Å². The van der Waals surface area contributed by atoms with Gasteiger partial charge in [0.15, 0.2) is 0 Å². The van der Waals surface area contributed by atoms with Crippen molar-refractivity contribution in [2.24, 2.45) is 0 Å². The highest BCUT2D eigenvalue weighted by atomic mass is 16.2. The fourth-order valence-corrected chi connectivity index (χ4v) is 1.70. The maximum Gasteiger partial charge on any atom is 0.326 e. The predicted molar refractivity (Wildman–Crippen MR) is 66.9 cm³/mol. The van der Waals surface area contributed by atoms with Gasteiger partial charge in [0, 0.05) is 24.9 Å². The van der Waals surface area contributed by atoms with Gasteiger partial charge in [0.1, 0.15) is 0 Å². The minimum atomic E-state index is -0.130. The quantitative estimate of drug-likeness (QED) is 0.808. The second-order valence-electron chi connectivity index (χ2n) is 5.25. The molecule has 0 aromatic carbocycles. The van der Waals surface area contributed by atoms with Crippen LogP contribution in [0.2, 0.25) is 0 Å². The molecule has 1 saturated heterocycles. The predicted octanol–water partition coefficient (Wildman–Crippen LogP) is 2.07. The summed E-state index contributed by atoms with van der Waals surface area (Å²) in [6.07, 6.45) is 4.39. The molecule has 1 N–H and O–H groups in total. The summed E-state index contributed by atoms with van der Waals surface area (Å²) in [5, 5.41) is 7.02. The molecule has 0 aliphatic carbocycles. The lowest BCUT2D eigenvalue weighted by molar-refractivity contribution is 0.246. The van der Waals surface area contributed by atoms with Gasteiger partial charge in [-0.15, -0.1) is 0 Å². The topological polar surface area (TPSA) is 50.2 Å². The van der Waals surface area contributed by atoms with Gasteiger partial charge in [0.2, 0.25) is 0 Å². The minimum Gasteiger partial charge on any atom is -0.312 e. The van der Waals surface area contributed by atoms with Crippen LogP contribution in [0.25, 0.3) is 0 Å². The standard InChI is InChI=1S/C12H18N4O/c1-9-5-6-15(11(17)14-9)10-7-13-16(8-10)12(2,3)4/h7-8H,1,5-6H2,2-4H3,(H,14,17). The van der Waals surface area contributed by atoms with Crippen LogP contribution in [0.3, 0.4) is 0 Å². The Balaban J connectivity index is 2.21. The highest BCUT2D eigenvalue weighted by molar-refractivity contribution is 5.93. The van der Waals surface area contributed by atoms with E-state index in [1.54, 1.807) is 11.1 Å². The first kappa shape index (κ1) is 11.7. The smallest absolute Gasteiger partial charge is 0.312 e. The second kappa shape index (κ2) is 3.91. The van der Waals surface area contributed by atoms with E-state index in [2.05, 4.69) is 37.8 Å². The number of nitrogens with one attached hydrogen (secondary N) is 1. The Morgan fingerprint density at radius 2 is 2.18 bits per heavy atom. The molecule has 1 aromatic rings. The lowest BCUT2D eigenvalue weighted by atomic mass is 10.1. The number of rotatable bonds is 1.